The van der Waals surface area contributed by atoms with Gasteiger partial charge in [0.15, 0.2) is 15.8 Å². The second-order valence-corrected chi connectivity index (χ2v) is 6.82. The lowest BCUT2D eigenvalue weighted by Crippen LogP contribution is -2.38. The van der Waals surface area contributed by atoms with E-state index in [1.54, 1.807) is 0 Å². The quantitative estimate of drug-likeness (QED) is 0.853. The number of hydrogen-bond acceptors (Lipinski definition) is 5. The minimum Gasteiger partial charge on any atom is -0.355 e. The smallest absolute Gasteiger partial charge is 0.193 e. The first-order valence-electron chi connectivity index (χ1n) is 6.31. The Hall–Kier alpha value is -1.56. The monoisotopic (exact) mass is 281 g/mol. The van der Waals surface area contributed by atoms with Crippen LogP contribution in [0, 0.1) is 0 Å². The van der Waals surface area contributed by atoms with Gasteiger partial charge >= 0.3 is 0 Å². The van der Waals surface area contributed by atoms with E-state index >= 15 is 0 Å². The molecule has 19 heavy (non-hydrogen) atoms. The molecule has 1 N–H and O–H groups in total. The molecule has 2 rings (SSSR count). The standard InChI is InChI=1S/C13H19N3O2S/c1-16-9-7-14-13(16)15-8-10-19(17,18)11-12-5-3-2-4-6-12/h2-6H,7-11H2,1H3,(H,14,15). The molecule has 1 heterocycles. The van der Waals surface area contributed by atoms with E-state index in [1.807, 2.05) is 42.3 Å². The summed E-state index contributed by atoms with van der Waals surface area (Å²) < 4.78 is 23.9. The molecule has 0 amide bonds. The predicted molar refractivity (Wildman–Crippen MR) is 76.9 cm³/mol. The zero-order valence-corrected chi connectivity index (χ0v) is 11.9. The number of nitrogens with zero attached hydrogens (tertiary/aromatic N) is 2. The fourth-order valence-electron chi connectivity index (χ4n) is 1.94. The zero-order valence-electron chi connectivity index (χ0n) is 11.0. The van der Waals surface area contributed by atoms with Crippen LogP contribution in [0.5, 0.6) is 0 Å². The summed E-state index contributed by atoms with van der Waals surface area (Å²) in [6.45, 7) is 2.06. The molecular weight excluding hydrogens is 262 g/mol. The SMILES string of the molecule is CN1CCN=C1NCCS(=O)(=O)Cc1ccccc1. The zero-order chi connectivity index (χ0) is 13.7. The van der Waals surface area contributed by atoms with Crippen LogP contribution >= 0.6 is 0 Å². The van der Waals surface area contributed by atoms with Gasteiger partial charge < -0.3 is 10.2 Å². The summed E-state index contributed by atoms with van der Waals surface area (Å²) in [6.07, 6.45) is 0. The number of aliphatic imine (C=N–C) groups is 1. The van der Waals surface area contributed by atoms with Gasteiger partial charge in [-0.3, -0.25) is 4.99 Å². The van der Waals surface area contributed by atoms with E-state index in [2.05, 4.69) is 10.3 Å². The van der Waals surface area contributed by atoms with E-state index < -0.39 is 9.84 Å². The van der Waals surface area contributed by atoms with Gasteiger partial charge in [0.1, 0.15) is 0 Å². The number of likely N-dealkylation sites (N-methyl/N-ethyl adjacent to an activating group) is 1. The van der Waals surface area contributed by atoms with Gasteiger partial charge in [-0.15, -0.1) is 0 Å². The summed E-state index contributed by atoms with van der Waals surface area (Å²) in [5, 5.41) is 3.07. The Kier molecular flexibility index (Phi) is 4.42. The van der Waals surface area contributed by atoms with Crippen LogP contribution in [-0.4, -0.2) is 51.7 Å². The van der Waals surface area contributed by atoms with Gasteiger partial charge in [-0.05, 0) is 5.56 Å². The Morgan fingerprint density at radius 3 is 2.68 bits per heavy atom. The summed E-state index contributed by atoms with van der Waals surface area (Å²) in [7, 11) is -1.14. The summed E-state index contributed by atoms with van der Waals surface area (Å²) in [4.78, 5) is 6.25. The fraction of sp³-hybridized carbons (Fsp3) is 0.462. The van der Waals surface area contributed by atoms with Crippen LogP contribution in [0.1, 0.15) is 5.56 Å². The molecule has 104 valence electrons. The van der Waals surface area contributed by atoms with Crippen molar-refractivity contribution in [3.05, 3.63) is 35.9 Å². The second-order valence-electron chi connectivity index (χ2n) is 4.63. The van der Waals surface area contributed by atoms with Crippen LogP contribution in [-0.2, 0) is 15.6 Å². The Morgan fingerprint density at radius 1 is 1.32 bits per heavy atom. The van der Waals surface area contributed by atoms with Crippen molar-refractivity contribution in [2.24, 2.45) is 4.99 Å². The minimum absolute atomic E-state index is 0.0951. The highest BCUT2D eigenvalue weighted by molar-refractivity contribution is 7.90. The van der Waals surface area contributed by atoms with Crippen LogP contribution in [0.4, 0.5) is 0 Å². The van der Waals surface area contributed by atoms with Crippen molar-refractivity contribution in [2.75, 3.05) is 32.4 Å². The van der Waals surface area contributed by atoms with E-state index in [-0.39, 0.29) is 11.5 Å². The predicted octanol–water partition coefficient (Wildman–Crippen LogP) is 0.492. The largest absolute Gasteiger partial charge is 0.355 e. The molecule has 0 spiro atoms. The summed E-state index contributed by atoms with van der Waals surface area (Å²) in [5.74, 6) is 1.00. The van der Waals surface area contributed by atoms with Gasteiger partial charge in [0.2, 0.25) is 0 Å². The topological polar surface area (TPSA) is 61.8 Å². The van der Waals surface area contributed by atoms with Crippen LogP contribution in [0.3, 0.4) is 0 Å². The molecule has 1 aromatic rings. The van der Waals surface area contributed by atoms with Crippen molar-refractivity contribution in [3.63, 3.8) is 0 Å². The third-order valence-corrected chi connectivity index (χ3v) is 4.58. The number of benzene rings is 1. The highest BCUT2D eigenvalue weighted by atomic mass is 32.2. The number of guanidine groups is 1. The van der Waals surface area contributed by atoms with Gasteiger partial charge in [0, 0.05) is 20.1 Å². The van der Waals surface area contributed by atoms with Crippen LogP contribution in [0.2, 0.25) is 0 Å². The van der Waals surface area contributed by atoms with Crippen molar-refractivity contribution in [3.8, 4) is 0 Å². The van der Waals surface area contributed by atoms with Crippen LogP contribution in [0.25, 0.3) is 0 Å². The van der Waals surface area contributed by atoms with E-state index in [0.717, 1.165) is 24.6 Å². The first kappa shape index (κ1) is 13.9. The molecule has 0 unspecified atom stereocenters. The highest BCUT2D eigenvalue weighted by Gasteiger charge is 2.15. The van der Waals surface area contributed by atoms with E-state index in [1.165, 1.54) is 0 Å². The number of rotatable bonds is 5. The van der Waals surface area contributed by atoms with Gasteiger partial charge in [0.25, 0.3) is 0 Å². The maximum absolute atomic E-state index is 12.0. The molecular formula is C13H19N3O2S. The van der Waals surface area contributed by atoms with Crippen LogP contribution in [0.15, 0.2) is 35.3 Å². The maximum Gasteiger partial charge on any atom is 0.193 e. The maximum atomic E-state index is 12.0. The number of sulfone groups is 1. The summed E-state index contributed by atoms with van der Waals surface area (Å²) >= 11 is 0. The lowest BCUT2D eigenvalue weighted by molar-refractivity contribution is 0.535. The van der Waals surface area contributed by atoms with E-state index in [4.69, 9.17) is 0 Å². The molecule has 0 saturated carbocycles. The molecule has 1 aromatic carbocycles. The molecule has 1 aliphatic heterocycles. The third-order valence-electron chi connectivity index (χ3n) is 2.98. The molecule has 0 aliphatic carbocycles. The molecule has 0 bridgehead atoms. The molecule has 0 aromatic heterocycles. The molecule has 5 nitrogen and oxygen atoms in total. The van der Waals surface area contributed by atoms with Crippen molar-refractivity contribution >= 4 is 15.8 Å². The second kappa shape index (κ2) is 6.06. The van der Waals surface area contributed by atoms with E-state index in [0.29, 0.717) is 6.54 Å². The Morgan fingerprint density at radius 2 is 2.05 bits per heavy atom. The first-order valence-corrected chi connectivity index (χ1v) is 8.13. The molecule has 0 radical (unpaired) electrons. The number of hydrogen-bond donors (Lipinski definition) is 1. The lowest BCUT2D eigenvalue weighted by Gasteiger charge is -2.15. The molecule has 1 aliphatic rings. The van der Waals surface area contributed by atoms with Gasteiger partial charge in [-0.25, -0.2) is 8.42 Å². The van der Waals surface area contributed by atoms with Gasteiger partial charge in [-0.1, -0.05) is 30.3 Å². The molecule has 0 saturated heterocycles. The normalized spacial score (nSPS) is 15.4. The summed E-state index contributed by atoms with van der Waals surface area (Å²) in [6, 6.07) is 9.25. The average molecular weight is 281 g/mol. The van der Waals surface area contributed by atoms with Crippen LogP contribution < -0.4 is 5.32 Å². The lowest BCUT2D eigenvalue weighted by atomic mass is 10.2. The first-order chi connectivity index (χ1) is 9.07. The number of nitrogens with one attached hydrogen (secondary N) is 1. The highest BCUT2D eigenvalue weighted by Crippen LogP contribution is 2.05. The Labute approximate surface area is 114 Å². The van der Waals surface area contributed by atoms with Crippen molar-refractivity contribution in [1.82, 2.24) is 10.2 Å². The Balaban J connectivity index is 1.81. The van der Waals surface area contributed by atoms with Gasteiger partial charge in [0.05, 0.1) is 18.1 Å². The molecule has 6 heteroatoms. The fourth-order valence-corrected chi connectivity index (χ4v) is 3.20. The molecule has 0 atom stereocenters. The summed E-state index contributed by atoms with van der Waals surface area (Å²) in [5.41, 5.74) is 0.831. The Bertz CT molecular complexity index is 540. The van der Waals surface area contributed by atoms with Crippen molar-refractivity contribution in [1.29, 1.82) is 0 Å². The average Bonchev–Trinajstić information content (AvgIpc) is 2.76. The van der Waals surface area contributed by atoms with Crippen molar-refractivity contribution < 1.29 is 8.42 Å². The third kappa shape index (κ3) is 4.24. The minimum atomic E-state index is -3.08. The molecule has 0 fully saturated rings. The van der Waals surface area contributed by atoms with Gasteiger partial charge in [-0.2, -0.15) is 0 Å². The van der Waals surface area contributed by atoms with E-state index in [9.17, 15) is 8.42 Å². The van der Waals surface area contributed by atoms with Crippen molar-refractivity contribution in [2.45, 2.75) is 5.75 Å².